The Morgan fingerprint density at radius 2 is 2.00 bits per heavy atom. The number of rotatable bonds is 3. The number of hydrogen-bond acceptors (Lipinski definition) is 2. The molecule has 0 saturated carbocycles. The van der Waals surface area contributed by atoms with Crippen LogP contribution in [0, 0.1) is 0 Å². The molecule has 21 heavy (non-hydrogen) atoms. The van der Waals surface area contributed by atoms with Gasteiger partial charge in [0.2, 0.25) is 0 Å². The molecule has 0 fully saturated rings. The molecule has 1 heterocycles. The molecule has 106 valence electrons. The Morgan fingerprint density at radius 1 is 1.14 bits per heavy atom. The fourth-order valence-electron chi connectivity index (χ4n) is 2.35. The lowest BCUT2D eigenvalue weighted by Gasteiger charge is -2.09. The van der Waals surface area contributed by atoms with Crippen molar-refractivity contribution in [3.8, 4) is 11.1 Å². The van der Waals surface area contributed by atoms with Crippen molar-refractivity contribution >= 4 is 33.1 Å². The Bertz CT molecular complexity index is 779. The Morgan fingerprint density at radius 3 is 2.86 bits per heavy atom. The second-order valence-corrected chi connectivity index (χ2v) is 5.65. The van der Waals surface area contributed by atoms with Crippen molar-refractivity contribution in [2.24, 2.45) is 0 Å². The van der Waals surface area contributed by atoms with Crippen LogP contribution >= 0.6 is 11.3 Å². The molecular formula is C17H16N2OS. The lowest BCUT2D eigenvalue weighted by atomic mass is 10.0. The number of carbonyl (C=O) groups excluding carboxylic acids is 1. The second kappa shape index (κ2) is 5.97. The normalized spacial score (nSPS) is 10.5. The third kappa shape index (κ3) is 2.90. The van der Waals surface area contributed by atoms with Crippen LogP contribution in [0.2, 0.25) is 0 Å². The highest BCUT2D eigenvalue weighted by Crippen LogP contribution is 2.32. The molecule has 4 heteroatoms. The van der Waals surface area contributed by atoms with Crippen molar-refractivity contribution in [2.45, 2.75) is 6.92 Å². The van der Waals surface area contributed by atoms with E-state index in [4.69, 9.17) is 0 Å². The molecule has 2 N–H and O–H groups in total. The van der Waals surface area contributed by atoms with E-state index >= 15 is 0 Å². The molecule has 0 aliphatic heterocycles. The Kier molecular flexibility index (Phi) is 3.88. The van der Waals surface area contributed by atoms with Gasteiger partial charge in [-0.1, -0.05) is 24.3 Å². The largest absolute Gasteiger partial charge is 0.338 e. The molecule has 0 aliphatic carbocycles. The maximum atomic E-state index is 11.6. The van der Waals surface area contributed by atoms with Crippen LogP contribution in [0.15, 0.2) is 53.9 Å². The molecule has 0 bridgehead atoms. The number of fused-ring (bicyclic) bond motifs is 1. The number of amides is 2. The summed E-state index contributed by atoms with van der Waals surface area (Å²) in [6.45, 7) is 2.51. The quantitative estimate of drug-likeness (QED) is 0.722. The summed E-state index contributed by atoms with van der Waals surface area (Å²) in [5, 5.41) is 8.93. The monoisotopic (exact) mass is 296 g/mol. The van der Waals surface area contributed by atoms with Crippen LogP contribution in [-0.2, 0) is 0 Å². The van der Waals surface area contributed by atoms with E-state index in [0.29, 0.717) is 6.54 Å². The molecule has 3 aromatic rings. The number of anilines is 1. The molecule has 2 aromatic carbocycles. The van der Waals surface area contributed by atoms with Gasteiger partial charge in [0.05, 0.1) is 0 Å². The first kappa shape index (κ1) is 13.6. The van der Waals surface area contributed by atoms with E-state index < -0.39 is 0 Å². The number of thiophene rings is 1. The summed E-state index contributed by atoms with van der Waals surface area (Å²) in [5.74, 6) is 0. The highest BCUT2D eigenvalue weighted by molar-refractivity contribution is 7.17. The molecule has 1 aromatic heterocycles. The van der Waals surface area contributed by atoms with E-state index in [1.165, 1.54) is 15.6 Å². The Hall–Kier alpha value is -2.33. The standard InChI is InChI=1S/C17H16N2OS/c1-2-18-17(20)19-13-6-3-5-12(11-13)14-7-4-8-16-15(14)9-10-21-16/h3-11H,2H2,1H3,(H2,18,19,20). The smallest absolute Gasteiger partial charge is 0.319 e. The van der Waals surface area contributed by atoms with Gasteiger partial charge < -0.3 is 10.6 Å². The van der Waals surface area contributed by atoms with Crippen molar-refractivity contribution in [1.82, 2.24) is 5.32 Å². The van der Waals surface area contributed by atoms with Gasteiger partial charge in [0.1, 0.15) is 0 Å². The predicted octanol–water partition coefficient (Wildman–Crippen LogP) is 4.71. The van der Waals surface area contributed by atoms with Gasteiger partial charge in [-0.2, -0.15) is 0 Å². The molecule has 0 radical (unpaired) electrons. The van der Waals surface area contributed by atoms with Gasteiger partial charge in [0.25, 0.3) is 0 Å². The summed E-state index contributed by atoms with van der Waals surface area (Å²) >= 11 is 1.74. The highest BCUT2D eigenvalue weighted by Gasteiger charge is 2.06. The zero-order chi connectivity index (χ0) is 14.7. The average Bonchev–Trinajstić information content (AvgIpc) is 2.96. The van der Waals surface area contributed by atoms with E-state index in [9.17, 15) is 4.79 Å². The summed E-state index contributed by atoms with van der Waals surface area (Å²) in [6.07, 6.45) is 0. The molecule has 3 nitrogen and oxygen atoms in total. The zero-order valence-corrected chi connectivity index (χ0v) is 12.5. The summed E-state index contributed by atoms with van der Waals surface area (Å²) < 4.78 is 1.27. The average molecular weight is 296 g/mol. The van der Waals surface area contributed by atoms with Gasteiger partial charge in [0.15, 0.2) is 0 Å². The van der Waals surface area contributed by atoms with Crippen LogP contribution < -0.4 is 10.6 Å². The second-order valence-electron chi connectivity index (χ2n) is 4.70. The number of urea groups is 1. The molecule has 0 saturated heterocycles. The molecule has 0 atom stereocenters. The van der Waals surface area contributed by atoms with Crippen molar-refractivity contribution in [1.29, 1.82) is 0 Å². The topological polar surface area (TPSA) is 41.1 Å². The van der Waals surface area contributed by atoms with Gasteiger partial charge in [-0.05, 0) is 47.7 Å². The van der Waals surface area contributed by atoms with E-state index in [2.05, 4.69) is 46.3 Å². The van der Waals surface area contributed by atoms with Gasteiger partial charge in [-0.25, -0.2) is 4.79 Å². The van der Waals surface area contributed by atoms with Gasteiger partial charge in [-0.15, -0.1) is 11.3 Å². The predicted molar refractivity (Wildman–Crippen MR) is 90.0 cm³/mol. The van der Waals surface area contributed by atoms with Crippen LogP contribution in [0.1, 0.15) is 6.92 Å². The minimum absolute atomic E-state index is 0.177. The van der Waals surface area contributed by atoms with Crippen molar-refractivity contribution < 1.29 is 4.79 Å². The maximum Gasteiger partial charge on any atom is 0.319 e. The van der Waals surface area contributed by atoms with E-state index in [1.54, 1.807) is 11.3 Å². The molecule has 0 aliphatic rings. The summed E-state index contributed by atoms with van der Waals surface area (Å²) in [4.78, 5) is 11.6. The van der Waals surface area contributed by atoms with Crippen LogP contribution in [0.5, 0.6) is 0 Å². The minimum Gasteiger partial charge on any atom is -0.338 e. The maximum absolute atomic E-state index is 11.6. The number of benzene rings is 2. The SMILES string of the molecule is CCNC(=O)Nc1cccc(-c2cccc3sccc23)c1. The van der Waals surface area contributed by atoms with Gasteiger partial charge in [-0.3, -0.25) is 0 Å². The molecule has 0 spiro atoms. The highest BCUT2D eigenvalue weighted by atomic mass is 32.1. The molecular weight excluding hydrogens is 280 g/mol. The first-order valence-corrected chi connectivity index (χ1v) is 7.77. The lowest BCUT2D eigenvalue weighted by molar-refractivity contribution is 0.252. The third-order valence-electron chi connectivity index (χ3n) is 3.26. The summed E-state index contributed by atoms with van der Waals surface area (Å²) in [7, 11) is 0. The number of carbonyl (C=O) groups is 1. The fraction of sp³-hybridized carbons (Fsp3) is 0.118. The number of hydrogen-bond donors (Lipinski definition) is 2. The van der Waals surface area contributed by atoms with E-state index in [-0.39, 0.29) is 6.03 Å². The molecule has 3 rings (SSSR count). The zero-order valence-electron chi connectivity index (χ0n) is 11.7. The summed E-state index contributed by atoms with van der Waals surface area (Å²) in [6, 6.07) is 16.2. The Balaban J connectivity index is 1.96. The minimum atomic E-state index is -0.177. The molecule has 2 amide bonds. The number of nitrogens with one attached hydrogen (secondary N) is 2. The molecule has 0 unspecified atom stereocenters. The first-order chi connectivity index (χ1) is 10.3. The van der Waals surface area contributed by atoms with Crippen LogP contribution in [0.3, 0.4) is 0 Å². The third-order valence-corrected chi connectivity index (χ3v) is 4.15. The fourth-order valence-corrected chi connectivity index (χ4v) is 3.16. The van der Waals surface area contributed by atoms with Gasteiger partial charge in [0, 0.05) is 22.3 Å². The van der Waals surface area contributed by atoms with Crippen LogP contribution in [-0.4, -0.2) is 12.6 Å². The van der Waals surface area contributed by atoms with E-state index in [1.807, 2.05) is 25.1 Å². The van der Waals surface area contributed by atoms with Gasteiger partial charge >= 0.3 is 6.03 Å². The Labute approximate surface area is 127 Å². The first-order valence-electron chi connectivity index (χ1n) is 6.89. The van der Waals surface area contributed by atoms with Crippen LogP contribution in [0.4, 0.5) is 10.5 Å². The van der Waals surface area contributed by atoms with Crippen LogP contribution in [0.25, 0.3) is 21.2 Å². The van der Waals surface area contributed by atoms with Crippen molar-refractivity contribution in [3.05, 3.63) is 53.9 Å². The van der Waals surface area contributed by atoms with Crippen molar-refractivity contribution in [3.63, 3.8) is 0 Å². The lowest BCUT2D eigenvalue weighted by Crippen LogP contribution is -2.28. The van der Waals surface area contributed by atoms with Crippen molar-refractivity contribution in [2.75, 3.05) is 11.9 Å². The van der Waals surface area contributed by atoms with E-state index in [0.717, 1.165) is 11.3 Å². The summed E-state index contributed by atoms with van der Waals surface area (Å²) in [5.41, 5.74) is 3.09.